The zero-order valence-corrected chi connectivity index (χ0v) is 30.2. The number of rotatable bonds is 2. The number of hydrogen-bond donors (Lipinski definition) is 0. The Balaban J connectivity index is 1.03. The molecule has 2 heterocycles. The second kappa shape index (κ2) is 10.4. The van der Waals surface area contributed by atoms with E-state index < -0.39 is 0 Å². The van der Waals surface area contributed by atoms with Crippen molar-refractivity contribution in [3.8, 4) is 39.1 Å². The Bertz CT molecular complexity index is 3020. The Morgan fingerprint density at radius 1 is 0.453 bits per heavy atom. The lowest BCUT2D eigenvalue weighted by atomic mass is 9.67. The molecular formula is C51H39NO. The summed E-state index contributed by atoms with van der Waals surface area (Å²) in [6.45, 7) is 4.84. The molecule has 0 bridgehead atoms. The van der Waals surface area contributed by atoms with E-state index in [2.05, 4.69) is 152 Å². The summed E-state index contributed by atoms with van der Waals surface area (Å²) in [6.07, 6.45) is 6.47. The van der Waals surface area contributed by atoms with E-state index in [1.165, 1.54) is 98.4 Å². The van der Waals surface area contributed by atoms with Crippen molar-refractivity contribution >= 4 is 43.7 Å². The first-order valence-electron chi connectivity index (χ1n) is 19.4. The molecule has 3 aliphatic rings. The van der Waals surface area contributed by atoms with Gasteiger partial charge in [0.15, 0.2) is 0 Å². The fourth-order valence-corrected chi connectivity index (χ4v) is 10.9. The van der Waals surface area contributed by atoms with Gasteiger partial charge in [0.05, 0.1) is 11.0 Å². The van der Waals surface area contributed by atoms with Crippen molar-refractivity contribution in [3.63, 3.8) is 0 Å². The molecule has 2 heteroatoms. The van der Waals surface area contributed by atoms with Gasteiger partial charge in [-0.1, -0.05) is 118 Å². The van der Waals surface area contributed by atoms with Gasteiger partial charge >= 0.3 is 0 Å². The molecule has 1 spiro atoms. The topological polar surface area (TPSA) is 18.1 Å². The van der Waals surface area contributed by atoms with Crippen LogP contribution in [-0.2, 0) is 10.8 Å². The summed E-state index contributed by atoms with van der Waals surface area (Å²) in [5.41, 5.74) is 19.7. The third-order valence-corrected chi connectivity index (χ3v) is 13.4. The molecule has 53 heavy (non-hydrogen) atoms. The molecule has 0 unspecified atom stereocenters. The van der Waals surface area contributed by atoms with Gasteiger partial charge < -0.3 is 8.98 Å². The number of benzene rings is 7. The van der Waals surface area contributed by atoms with Gasteiger partial charge in [-0.25, -0.2) is 0 Å². The lowest BCUT2D eigenvalue weighted by Crippen LogP contribution is -2.28. The molecule has 0 amide bonds. The van der Waals surface area contributed by atoms with Crippen LogP contribution in [-0.4, -0.2) is 4.57 Å². The molecule has 0 radical (unpaired) electrons. The lowest BCUT2D eigenvalue weighted by Gasteiger charge is -2.36. The average Bonchev–Trinajstić information content (AvgIpc) is 3.88. The zero-order valence-electron chi connectivity index (χ0n) is 30.2. The van der Waals surface area contributed by atoms with Crippen LogP contribution in [0.3, 0.4) is 0 Å². The smallest absolute Gasteiger partial charge is 0.137 e. The largest absolute Gasteiger partial charge is 0.456 e. The predicted molar refractivity (Wildman–Crippen MR) is 220 cm³/mol. The highest BCUT2D eigenvalue weighted by atomic mass is 16.3. The van der Waals surface area contributed by atoms with E-state index in [1.807, 2.05) is 6.07 Å². The van der Waals surface area contributed by atoms with Gasteiger partial charge in [0.25, 0.3) is 0 Å². The SMILES string of the molecule is CC1(C)c2ccc(-c3ccc4c5ccccc5n(-c5ccc6c(c5)oc5ccccc56)c4c3)cc2-c2cc3c(cc21)-c1ccccc1C31CCCCC1. The first-order valence-corrected chi connectivity index (χ1v) is 19.4. The predicted octanol–water partition coefficient (Wildman–Crippen LogP) is 13.9. The Morgan fingerprint density at radius 2 is 1.11 bits per heavy atom. The van der Waals surface area contributed by atoms with E-state index in [-0.39, 0.29) is 10.8 Å². The van der Waals surface area contributed by atoms with Crippen LogP contribution in [0.25, 0.3) is 82.8 Å². The molecule has 1 fully saturated rings. The lowest BCUT2D eigenvalue weighted by molar-refractivity contribution is 0.353. The Labute approximate surface area is 309 Å². The fraction of sp³-hybridized carbons (Fsp3) is 0.176. The summed E-state index contributed by atoms with van der Waals surface area (Å²) in [7, 11) is 0. The fourth-order valence-electron chi connectivity index (χ4n) is 10.9. The number of hydrogen-bond acceptors (Lipinski definition) is 1. The zero-order chi connectivity index (χ0) is 35.1. The van der Waals surface area contributed by atoms with Crippen LogP contribution in [0.5, 0.6) is 0 Å². The summed E-state index contributed by atoms with van der Waals surface area (Å²) < 4.78 is 8.78. The maximum absolute atomic E-state index is 6.37. The molecular weight excluding hydrogens is 643 g/mol. The number of fused-ring (bicyclic) bond motifs is 14. The molecule has 2 aromatic heterocycles. The van der Waals surface area contributed by atoms with Crippen LogP contribution in [0, 0.1) is 0 Å². The van der Waals surface area contributed by atoms with E-state index in [1.54, 1.807) is 11.1 Å². The molecule has 0 aliphatic heterocycles. The van der Waals surface area contributed by atoms with Crippen molar-refractivity contribution in [2.24, 2.45) is 0 Å². The van der Waals surface area contributed by atoms with Crippen molar-refractivity contribution in [2.75, 3.05) is 0 Å². The van der Waals surface area contributed by atoms with Gasteiger partial charge in [-0.3, -0.25) is 0 Å². The van der Waals surface area contributed by atoms with Gasteiger partial charge in [0.2, 0.25) is 0 Å². The molecule has 1 saturated carbocycles. The monoisotopic (exact) mass is 681 g/mol. The Hall–Kier alpha value is -5.86. The maximum atomic E-state index is 6.37. The molecule has 0 atom stereocenters. The highest BCUT2D eigenvalue weighted by Gasteiger charge is 2.46. The Kier molecular flexibility index (Phi) is 5.82. The first-order chi connectivity index (χ1) is 26.0. The van der Waals surface area contributed by atoms with Gasteiger partial charge in [-0.05, 0) is 117 Å². The van der Waals surface area contributed by atoms with Gasteiger partial charge in [0, 0.05) is 44.1 Å². The van der Waals surface area contributed by atoms with Crippen LogP contribution in [0.4, 0.5) is 0 Å². The van der Waals surface area contributed by atoms with Crippen LogP contribution < -0.4 is 0 Å². The number of aromatic nitrogens is 1. The third kappa shape index (κ3) is 3.88. The van der Waals surface area contributed by atoms with Crippen molar-refractivity contribution in [1.29, 1.82) is 0 Å². The summed E-state index contributed by atoms with van der Waals surface area (Å²) >= 11 is 0. The summed E-state index contributed by atoms with van der Waals surface area (Å²) in [5, 5.41) is 4.82. The van der Waals surface area contributed by atoms with Crippen molar-refractivity contribution < 1.29 is 4.42 Å². The molecule has 12 rings (SSSR count). The van der Waals surface area contributed by atoms with Crippen LogP contribution in [0.15, 0.2) is 144 Å². The van der Waals surface area contributed by atoms with Gasteiger partial charge in [-0.2, -0.15) is 0 Å². The van der Waals surface area contributed by atoms with Gasteiger partial charge in [0.1, 0.15) is 11.2 Å². The molecule has 2 nitrogen and oxygen atoms in total. The van der Waals surface area contributed by atoms with Crippen LogP contribution in [0.2, 0.25) is 0 Å². The average molecular weight is 682 g/mol. The molecule has 9 aromatic rings. The summed E-state index contributed by atoms with van der Waals surface area (Å²) in [6, 6.07) is 52.6. The summed E-state index contributed by atoms with van der Waals surface area (Å²) in [5.74, 6) is 0. The number of furan rings is 1. The van der Waals surface area contributed by atoms with E-state index in [0.29, 0.717) is 0 Å². The molecule has 7 aromatic carbocycles. The second-order valence-corrected chi connectivity index (χ2v) is 16.4. The molecule has 3 aliphatic carbocycles. The highest BCUT2D eigenvalue weighted by Crippen LogP contribution is 2.60. The third-order valence-electron chi connectivity index (χ3n) is 13.4. The van der Waals surface area contributed by atoms with E-state index >= 15 is 0 Å². The minimum absolute atomic E-state index is 0.0683. The molecule has 254 valence electrons. The van der Waals surface area contributed by atoms with Crippen molar-refractivity contribution in [2.45, 2.75) is 56.8 Å². The standard InChI is InChI=1S/C51H39NO/c1-50(2)42-23-19-31(26-39(42)41-30-45-40(29-44(41)50)34-12-4-7-15-43(34)51(45)24-10-3-11-25-51)32-18-21-36-35-13-5-8-16-46(35)52(47(36)27-32)33-20-22-38-37-14-6-9-17-48(37)53-49(38)28-33/h4-9,12-23,26-30H,3,10-11,24-25H2,1-2H3. The minimum Gasteiger partial charge on any atom is -0.456 e. The first kappa shape index (κ1) is 29.7. The van der Waals surface area contributed by atoms with E-state index in [0.717, 1.165) is 27.6 Å². The van der Waals surface area contributed by atoms with E-state index in [4.69, 9.17) is 4.42 Å². The van der Waals surface area contributed by atoms with Crippen LogP contribution in [0.1, 0.15) is 68.2 Å². The van der Waals surface area contributed by atoms with Crippen LogP contribution >= 0.6 is 0 Å². The maximum Gasteiger partial charge on any atom is 0.137 e. The normalized spacial score (nSPS) is 16.4. The molecule has 0 saturated heterocycles. The summed E-state index contributed by atoms with van der Waals surface area (Å²) in [4.78, 5) is 0. The highest BCUT2D eigenvalue weighted by molar-refractivity contribution is 6.11. The second-order valence-electron chi connectivity index (χ2n) is 16.4. The minimum atomic E-state index is -0.0683. The van der Waals surface area contributed by atoms with Gasteiger partial charge in [-0.15, -0.1) is 0 Å². The number of para-hydroxylation sites is 2. The van der Waals surface area contributed by atoms with Crippen molar-refractivity contribution in [1.82, 2.24) is 4.57 Å². The quantitative estimate of drug-likeness (QED) is 0.178. The number of nitrogens with zero attached hydrogens (tertiary/aromatic N) is 1. The Morgan fingerprint density at radius 3 is 2.02 bits per heavy atom. The van der Waals surface area contributed by atoms with E-state index in [9.17, 15) is 0 Å². The van der Waals surface area contributed by atoms with Crippen molar-refractivity contribution in [3.05, 3.63) is 162 Å². The molecule has 0 N–H and O–H groups in total.